The molecule has 0 spiro atoms. The molecule has 0 bridgehead atoms. The molecule has 0 amide bonds. The fourth-order valence-corrected chi connectivity index (χ4v) is 3.64. The van der Waals surface area contributed by atoms with Crippen molar-refractivity contribution in [2.24, 2.45) is 0 Å². The number of fused-ring (bicyclic) bond motifs is 2. The van der Waals surface area contributed by atoms with E-state index < -0.39 is 0 Å². The third-order valence-electron chi connectivity index (χ3n) is 3.32. The van der Waals surface area contributed by atoms with Gasteiger partial charge in [0.2, 0.25) is 0 Å². The predicted octanol–water partition coefficient (Wildman–Crippen LogP) is 0.625. The van der Waals surface area contributed by atoms with Crippen molar-refractivity contribution in [3.8, 4) is 11.5 Å². The zero-order valence-corrected chi connectivity index (χ0v) is 15.1. The first-order chi connectivity index (χ1) is 10.7. The second kappa shape index (κ2) is 6.16. The molecule has 2 aromatic carbocycles. The highest BCUT2D eigenvalue weighted by atomic mass is 29.1. The molecule has 1 aliphatic carbocycles. The predicted molar refractivity (Wildman–Crippen MR) is 84.0 cm³/mol. The van der Waals surface area contributed by atoms with Crippen LogP contribution >= 0.6 is 0 Å². The van der Waals surface area contributed by atoms with E-state index in [2.05, 4.69) is 19.5 Å². The Balaban J connectivity index is 2.25. The van der Waals surface area contributed by atoms with Crippen LogP contribution in [0, 0.1) is 0 Å². The molecule has 22 heavy (non-hydrogen) atoms. The maximum absolute atomic E-state index is 12.8. The van der Waals surface area contributed by atoms with Gasteiger partial charge in [-0.1, -0.05) is 24.3 Å². The lowest BCUT2D eigenvalue weighted by Crippen LogP contribution is -2.23. The largest absolute Gasteiger partial charge is 0.543 e. The Hall–Kier alpha value is -1.75. The highest BCUT2D eigenvalue weighted by Gasteiger charge is 2.33. The summed E-state index contributed by atoms with van der Waals surface area (Å²) in [7, 11) is 6.47. The summed E-state index contributed by atoms with van der Waals surface area (Å²) in [6, 6.07) is 10.0. The number of ketones is 2. The maximum atomic E-state index is 12.8. The van der Waals surface area contributed by atoms with Gasteiger partial charge < -0.3 is 8.85 Å². The Morgan fingerprint density at radius 2 is 1.41 bits per heavy atom. The first-order valence-electron chi connectivity index (χ1n) is 6.21. The van der Waals surface area contributed by atoms with Gasteiger partial charge in [0.1, 0.15) is 5.75 Å². The molecule has 4 nitrogen and oxygen atoms in total. The van der Waals surface area contributed by atoms with E-state index in [0.717, 1.165) is 0 Å². The van der Waals surface area contributed by atoms with Crippen LogP contribution in [0.15, 0.2) is 36.4 Å². The minimum atomic E-state index is -0.229. The van der Waals surface area contributed by atoms with Gasteiger partial charge in [-0.2, -0.15) is 0 Å². The van der Waals surface area contributed by atoms with Gasteiger partial charge in [-0.3, -0.25) is 9.59 Å². The summed E-state index contributed by atoms with van der Waals surface area (Å²) in [5, 5.41) is 0. The van der Waals surface area contributed by atoms with Crippen LogP contribution in [0.25, 0.3) is 0 Å². The van der Waals surface area contributed by atoms with Crippen LogP contribution in [0.4, 0.5) is 0 Å². The maximum Gasteiger partial charge on any atom is 0.279 e. The number of hydrogen-bond donors (Lipinski definition) is 0. The lowest BCUT2D eigenvalue weighted by Gasteiger charge is -2.22. The summed E-state index contributed by atoms with van der Waals surface area (Å²) in [5.74, 6) is 0.315. The third kappa shape index (κ3) is 2.33. The first kappa shape index (κ1) is 15.2. The highest BCUT2D eigenvalue weighted by Crippen LogP contribution is 2.39. The number of carbonyl (C=O) groups excluding carboxylic acids is 2. The van der Waals surface area contributed by atoms with Crippen LogP contribution in [0.2, 0.25) is 0 Å². The summed E-state index contributed by atoms with van der Waals surface area (Å²) in [6.07, 6.45) is 0. The second-order valence-corrected chi connectivity index (χ2v) is 6.47. The summed E-state index contributed by atoms with van der Waals surface area (Å²) < 4.78 is 11.0. The van der Waals surface area contributed by atoms with Crippen molar-refractivity contribution in [2.75, 3.05) is 0 Å². The lowest BCUT2D eigenvalue weighted by atomic mass is 9.83. The van der Waals surface area contributed by atoms with Crippen LogP contribution in [0.5, 0.6) is 11.5 Å². The molecule has 2 aromatic rings. The Kier molecular flexibility index (Phi) is 4.25. The smallest absolute Gasteiger partial charge is 0.279 e. The van der Waals surface area contributed by atoms with E-state index in [0.29, 0.717) is 28.2 Å². The lowest BCUT2D eigenvalue weighted by molar-refractivity contribution is 0.0977. The van der Waals surface area contributed by atoms with Crippen LogP contribution in [-0.4, -0.2) is 49.6 Å². The van der Waals surface area contributed by atoms with Crippen molar-refractivity contribution in [3.05, 3.63) is 58.7 Å². The third-order valence-corrected chi connectivity index (χ3v) is 4.56. The molecule has 3 rings (SSSR count). The number of rotatable bonds is 4. The molecule has 102 valence electrons. The van der Waals surface area contributed by atoms with Gasteiger partial charge in [0.05, 0.1) is 25.1 Å². The Labute approximate surface area is 138 Å². The molecule has 8 heteroatoms. The van der Waals surface area contributed by atoms with Crippen molar-refractivity contribution >= 4 is 49.6 Å². The van der Waals surface area contributed by atoms with Crippen LogP contribution in [-0.2, 0) is 0 Å². The van der Waals surface area contributed by atoms with Gasteiger partial charge >= 0.3 is 0 Å². The molecule has 0 heterocycles. The monoisotopic (exact) mass is 350 g/mol. The van der Waals surface area contributed by atoms with Crippen LogP contribution in [0.3, 0.4) is 0 Å². The molecule has 1 aliphatic rings. The van der Waals surface area contributed by atoms with Gasteiger partial charge in [0.15, 0.2) is 17.3 Å². The topological polar surface area (TPSA) is 52.6 Å². The standard InChI is InChI=1S/C14H6O4Si4/c15-12-7-3-1-2-4-8(7)13(16)11-9(12)5-6-10(17-21-19)14(11)18-22-20/h1-6H. The average Bonchev–Trinajstić information content (AvgIpc) is 2.54. The zero-order chi connectivity index (χ0) is 15.7. The summed E-state index contributed by atoms with van der Waals surface area (Å²) >= 11 is 0. The van der Waals surface area contributed by atoms with E-state index in [1.807, 2.05) is 0 Å². The van der Waals surface area contributed by atoms with Gasteiger partial charge in [-0.25, -0.2) is 0 Å². The molecule has 0 aromatic heterocycles. The van der Waals surface area contributed by atoms with Crippen LogP contribution < -0.4 is 8.85 Å². The zero-order valence-electron chi connectivity index (χ0n) is 11.1. The van der Waals surface area contributed by atoms with E-state index in [1.54, 1.807) is 36.4 Å². The van der Waals surface area contributed by atoms with Crippen molar-refractivity contribution < 1.29 is 18.4 Å². The molecule has 0 atom stereocenters. The fraction of sp³-hybridized carbons (Fsp3) is 0. The van der Waals surface area contributed by atoms with E-state index in [4.69, 9.17) is 8.85 Å². The molecule has 0 saturated heterocycles. The minimum Gasteiger partial charge on any atom is -0.543 e. The van der Waals surface area contributed by atoms with E-state index in [9.17, 15) is 9.59 Å². The van der Waals surface area contributed by atoms with Crippen molar-refractivity contribution in [2.45, 2.75) is 0 Å². The average molecular weight is 351 g/mol. The Morgan fingerprint density at radius 3 is 2.05 bits per heavy atom. The minimum absolute atomic E-state index is 0.0151. The molecule has 10 radical (unpaired) electrons. The Bertz CT molecular complexity index is 775. The van der Waals surface area contributed by atoms with Crippen LogP contribution in [0.1, 0.15) is 31.8 Å². The summed E-state index contributed by atoms with van der Waals surface area (Å²) in [4.78, 5) is 25.4. The van der Waals surface area contributed by atoms with Gasteiger partial charge in [0, 0.05) is 16.7 Å². The van der Waals surface area contributed by atoms with E-state index in [1.165, 1.54) is 0 Å². The summed E-state index contributed by atoms with van der Waals surface area (Å²) in [5.41, 5.74) is 1.41. The molecular weight excluding hydrogens is 344 g/mol. The van der Waals surface area contributed by atoms with Crippen molar-refractivity contribution in [3.63, 3.8) is 0 Å². The molecule has 0 aliphatic heterocycles. The van der Waals surface area contributed by atoms with Gasteiger partial charge in [-0.15, -0.1) is 0 Å². The highest BCUT2D eigenvalue weighted by molar-refractivity contribution is 6.86. The number of hydrogen-bond acceptors (Lipinski definition) is 4. The van der Waals surface area contributed by atoms with Gasteiger partial charge in [-0.05, 0) is 12.1 Å². The van der Waals surface area contributed by atoms with Crippen molar-refractivity contribution in [1.82, 2.24) is 0 Å². The Morgan fingerprint density at radius 1 is 0.773 bits per heavy atom. The van der Waals surface area contributed by atoms with Gasteiger partial charge in [0.25, 0.3) is 18.6 Å². The number of carbonyl (C=O) groups is 2. The van der Waals surface area contributed by atoms with E-state index in [-0.39, 0.29) is 35.7 Å². The molecule has 0 unspecified atom stereocenters. The molecule has 0 fully saturated rings. The SMILES string of the molecule is O=C1c2ccccc2C(=O)c2c1ccc(O[Si][Si])c2O[Si][Si]. The number of benzene rings is 2. The molecule has 0 saturated carbocycles. The summed E-state index contributed by atoms with van der Waals surface area (Å²) in [6.45, 7) is 0. The first-order valence-corrected chi connectivity index (χ1v) is 11.0. The van der Waals surface area contributed by atoms with E-state index >= 15 is 0 Å². The molecular formula is C14H6O4Si4. The molecule has 0 N–H and O–H groups in total. The second-order valence-electron chi connectivity index (χ2n) is 4.43. The quantitative estimate of drug-likeness (QED) is 0.648. The fourth-order valence-electron chi connectivity index (χ4n) is 2.42. The normalized spacial score (nSPS) is 12.6. The van der Waals surface area contributed by atoms with Crippen molar-refractivity contribution in [1.29, 1.82) is 0 Å².